The minimum Gasteiger partial charge on any atom is -0.494 e. The number of hydrogen-bond donors (Lipinski definition) is 0. The molecule has 3 aromatic rings. The minimum absolute atomic E-state index is 0.00133. The number of para-hydroxylation sites is 1. The molecule has 1 aliphatic carbocycles. The number of aromatic nitrogens is 1. The topological polar surface area (TPSA) is 62.7 Å². The largest absolute Gasteiger partial charge is 0.494 e. The lowest BCUT2D eigenvalue weighted by Gasteiger charge is -2.35. The van der Waals surface area contributed by atoms with E-state index in [1.54, 1.807) is 6.20 Å². The molecule has 1 aliphatic heterocycles. The van der Waals surface area contributed by atoms with Crippen LogP contribution in [0.3, 0.4) is 0 Å². The number of ether oxygens (including phenoxy) is 1. The monoisotopic (exact) mass is 485 g/mol. The van der Waals surface area contributed by atoms with Gasteiger partial charge in [-0.3, -0.25) is 14.6 Å². The summed E-state index contributed by atoms with van der Waals surface area (Å²) in [6, 6.07) is 17.5. The van der Waals surface area contributed by atoms with Gasteiger partial charge in [-0.2, -0.15) is 0 Å². The molecule has 6 nitrogen and oxygen atoms in total. The molecule has 0 atom stereocenters. The Kier molecular flexibility index (Phi) is 7.79. The van der Waals surface area contributed by atoms with Crippen molar-refractivity contribution in [3.63, 3.8) is 0 Å². The van der Waals surface area contributed by atoms with Gasteiger partial charge < -0.3 is 14.5 Å². The smallest absolute Gasteiger partial charge is 0.254 e. The summed E-state index contributed by atoms with van der Waals surface area (Å²) >= 11 is 0. The van der Waals surface area contributed by atoms with E-state index in [0.717, 1.165) is 34.6 Å². The molecule has 1 saturated heterocycles. The SMILES string of the molecule is O=C(Cc1cnc2ccccc2c1)N1CCN(C(=O)c2cccc(OCCC3CCCCC3)c2)CC1. The summed E-state index contributed by atoms with van der Waals surface area (Å²) in [5.74, 6) is 1.61. The number of fused-ring (bicyclic) bond motifs is 1. The second kappa shape index (κ2) is 11.5. The number of pyridine rings is 1. The van der Waals surface area contributed by atoms with Crippen molar-refractivity contribution in [2.75, 3.05) is 32.8 Å². The van der Waals surface area contributed by atoms with Gasteiger partial charge in [0.25, 0.3) is 5.91 Å². The average Bonchev–Trinajstić information content (AvgIpc) is 2.93. The molecular weight excluding hydrogens is 450 g/mol. The maximum Gasteiger partial charge on any atom is 0.254 e. The van der Waals surface area contributed by atoms with Crippen molar-refractivity contribution in [1.29, 1.82) is 0 Å². The Bertz CT molecular complexity index is 1200. The average molecular weight is 486 g/mol. The van der Waals surface area contributed by atoms with E-state index < -0.39 is 0 Å². The van der Waals surface area contributed by atoms with E-state index in [2.05, 4.69) is 4.98 Å². The van der Waals surface area contributed by atoms with Gasteiger partial charge in [0, 0.05) is 43.3 Å². The lowest BCUT2D eigenvalue weighted by atomic mass is 9.87. The third kappa shape index (κ3) is 6.04. The summed E-state index contributed by atoms with van der Waals surface area (Å²) in [4.78, 5) is 34.2. The number of rotatable bonds is 7. The van der Waals surface area contributed by atoms with E-state index >= 15 is 0 Å². The van der Waals surface area contributed by atoms with Crippen LogP contribution >= 0.6 is 0 Å². The molecule has 2 aliphatic rings. The van der Waals surface area contributed by atoms with E-state index in [9.17, 15) is 9.59 Å². The Hall–Kier alpha value is -3.41. The number of nitrogens with zero attached hydrogens (tertiary/aromatic N) is 3. The Balaban J connectivity index is 1.10. The van der Waals surface area contributed by atoms with Crippen LogP contribution in [0.25, 0.3) is 10.9 Å². The Labute approximate surface area is 213 Å². The second-order valence-corrected chi connectivity index (χ2v) is 10.1. The molecule has 0 radical (unpaired) electrons. The zero-order valence-corrected chi connectivity index (χ0v) is 20.9. The van der Waals surface area contributed by atoms with Crippen LogP contribution in [0.2, 0.25) is 0 Å². The number of hydrogen-bond acceptors (Lipinski definition) is 4. The molecule has 2 heterocycles. The Morgan fingerprint density at radius 3 is 2.50 bits per heavy atom. The third-order valence-electron chi connectivity index (χ3n) is 7.52. The van der Waals surface area contributed by atoms with Crippen LogP contribution in [-0.2, 0) is 11.2 Å². The summed E-state index contributed by atoms with van der Waals surface area (Å²) in [5, 5.41) is 1.04. The first-order chi connectivity index (χ1) is 17.7. The van der Waals surface area contributed by atoms with Gasteiger partial charge in [-0.1, -0.05) is 56.4 Å². The van der Waals surface area contributed by atoms with Gasteiger partial charge in [0.2, 0.25) is 5.91 Å². The van der Waals surface area contributed by atoms with Crippen LogP contribution in [-0.4, -0.2) is 59.4 Å². The maximum absolute atomic E-state index is 13.1. The molecule has 6 heteroatoms. The van der Waals surface area contributed by atoms with E-state index in [4.69, 9.17) is 4.74 Å². The molecule has 2 aromatic carbocycles. The van der Waals surface area contributed by atoms with Gasteiger partial charge >= 0.3 is 0 Å². The van der Waals surface area contributed by atoms with Crippen molar-refractivity contribution in [1.82, 2.24) is 14.8 Å². The first-order valence-corrected chi connectivity index (χ1v) is 13.3. The van der Waals surface area contributed by atoms with Crippen LogP contribution in [0, 0.1) is 5.92 Å². The third-order valence-corrected chi connectivity index (χ3v) is 7.52. The second-order valence-electron chi connectivity index (χ2n) is 10.1. The van der Waals surface area contributed by atoms with Crippen molar-refractivity contribution >= 4 is 22.7 Å². The molecule has 5 rings (SSSR count). The quantitative estimate of drug-likeness (QED) is 0.467. The number of benzene rings is 2. The summed E-state index contributed by atoms with van der Waals surface area (Å²) in [6.45, 7) is 2.86. The number of amides is 2. The molecule has 2 amide bonds. The first-order valence-electron chi connectivity index (χ1n) is 13.3. The Morgan fingerprint density at radius 2 is 1.67 bits per heavy atom. The van der Waals surface area contributed by atoms with E-state index in [1.165, 1.54) is 32.1 Å². The minimum atomic E-state index is -0.00133. The van der Waals surface area contributed by atoms with Gasteiger partial charge in [-0.25, -0.2) is 0 Å². The zero-order chi connectivity index (χ0) is 24.7. The molecular formula is C30H35N3O3. The molecule has 0 N–H and O–H groups in total. The van der Waals surface area contributed by atoms with E-state index in [0.29, 0.717) is 44.8 Å². The molecule has 1 saturated carbocycles. The fourth-order valence-corrected chi connectivity index (χ4v) is 5.38. The van der Waals surface area contributed by atoms with Crippen molar-refractivity contribution in [2.24, 2.45) is 5.92 Å². The predicted octanol–water partition coefficient (Wildman–Crippen LogP) is 5.11. The first kappa shape index (κ1) is 24.3. The summed E-state index contributed by atoms with van der Waals surface area (Å²) < 4.78 is 5.99. The van der Waals surface area contributed by atoms with Gasteiger partial charge in [0.1, 0.15) is 5.75 Å². The predicted molar refractivity (Wildman–Crippen MR) is 141 cm³/mol. The lowest BCUT2D eigenvalue weighted by Crippen LogP contribution is -2.51. The fraction of sp³-hybridized carbons (Fsp3) is 0.433. The molecule has 0 bridgehead atoms. The number of piperazine rings is 1. The summed E-state index contributed by atoms with van der Waals surface area (Å²) in [6.07, 6.45) is 9.87. The molecule has 36 heavy (non-hydrogen) atoms. The zero-order valence-electron chi connectivity index (χ0n) is 20.9. The van der Waals surface area contributed by atoms with Crippen molar-refractivity contribution < 1.29 is 14.3 Å². The lowest BCUT2D eigenvalue weighted by molar-refractivity contribution is -0.131. The fourth-order valence-electron chi connectivity index (χ4n) is 5.38. The standard InChI is InChI=1S/C30H35N3O3/c34-29(20-24-19-25-9-4-5-12-28(25)31-22-24)32-14-16-33(17-15-32)30(35)26-10-6-11-27(21-26)36-18-13-23-7-2-1-3-8-23/h4-6,9-12,19,21-23H,1-3,7-8,13-18,20H2. The van der Waals surface area contributed by atoms with Crippen LogP contribution in [0.5, 0.6) is 5.75 Å². The molecule has 0 spiro atoms. The van der Waals surface area contributed by atoms with Crippen molar-refractivity contribution in [3.8, 4) is 5.75 Å². The highest BCUT2D eigenvalue weighted by Gasteiger charge is 2.25. The van der Waals surface area contributed by atoms with Gasteiger partial charge in [0.15, 0.2) is 0 Å². The Morgan fingerprint density at radius 1 is 0.889 bits per heavy atom. The van der Waals surface area contributed by atoms with Crippen molar-refractivity contribution in [3.05, 3.63) is 71.9 Å². The summed E-state index contributed by atoms with van der Waals surface area (Å²) in [7, 11) is 0. The molecule has 188 valence electrons. The number of carbonyl (C=O) groups is 2. The van der Waals surface area contributed by atoms with Gasteiger partial charge in [0.05, 0.1) is 18.5 Å². The molecule has 2 fully saturated rings. The molecule has 1 aromatic heterocycles. The van der Waals surface area contributed by atoms with Crippen LogP contribution in [0.4, 0.5) is 0 Å². The van der Waals surface area contributed by atoms with Crippen molar-refractivity contribution in [2.45, 2.75) is 44.9 Å². The normalized spacial score (nSPS) is 16.8. The number of carbonyl (C=O) groups excluding carboxylic acids is 2. The maximum atomic E-state index is 13.1. The highest BCUT2D eigenvalue weighted by molar-refractivity contribution is 5.94. The van der Waals surface area contributed by atoms with Crippen LogP contribution in [0.15, 0.2) is 60.8 Å². The summed E-state index contributed by atoms with van der Waals surface area (Å²) in [5.41, 5.74) is 2.49. The van der Waals surface area contributed by atoms with Crippen LogP contribution in [0.1, 0.15) is 54.4 Å². The van der Waals surface area contributed by atoms with E-state index in [-0.39, 0.29) is 11.8 Å². The van der Waals surface area contributed by atoms with E-state index in [1.807, 2.05) is 64.4 Å². The highest BCUT2D eigenvalue weighted by atomic mass is 16.5. The highest BCUT2D eigenvalue weighted by Crippen LogP contribution is 2.26. The van der Waals surface area contributed by atoms with Gasteiger partial charge in [-0.15, -0.1) is 0 Å². The van der Waals surface area contributed by atoms with Crippen LogP contribution < -0.4 is 4.74 Å². The van der Waals surface area contributed by atoms with Gasteiger partial charge in [-0.05, 0) is 48.2 Å². The molecule has 0 unspecified atom stereocenters.